The second-order valence-electron chi connectivity index (χ2n) is 7.29. The number of fused-ring (bicyclic) bond motifs is 1. The highest BCUT2D eigenvalue weighted by molar-refractivity contribution is 5.95. The molecule has 0 spiro atoms. The molecule has 2 N–H and O–H groups in total. The van der Waals surface area contributed by atoms with Crippen LogP contribution in [0.25, 0.3) is 22.0 Å². The van der Waals surface area contributed by atoms with Gasteiger partial charge in [0.15, 0.2) is 0 Å². The number of hydrogen-bond donors (Lipinski definition) is 2. The van der Waals surface area contributed by atoms with E-state index in [4.69, 9.17) is 10.1 Å². The van der Waals surface area contributed by atoms with Gasteiger partial charge >= 0.3 is 0 Å². The van der Waals surface area contributed by atoms with Crippen LogP contribution in [0.4, 0.5) is 5.82 Å². The van der Waals surface area contributed by atoms with Crippen LogP contribution >= 0.6 is 0 Å². The fourth-order valence-electron chi connectivity index (χ4n) is 3.83. The van der Waals surface area contributed by atoms with E-state index in [1.807, 2.05) is 24.3 Å². The molecule has 0 amide bonds. The molecule has 1 unspecified atom stereocenters. The minimum atomic E-state index is -0.843. The van der Waals surface area contributed by atoms with Gasteiger partial charge in [-0.1, -0.05) is 55.5 Å². The molecule has 1 saturated heterocycles. The lowest BCUT2D eigenvalue weighted by Crippen LogP contribution is -2.46. The molecule has 2 heterocycles. The predicted octanol–water partition coefficient (Wildman–Crippen LogP) is 3.07. The maximum Gasteiger partial charge on any atom is 0.137 e. The van der Waals surface area contributed by atoms with Crippen LogP contribution in [0.2, 0.25) is 0 Å². The van der Waals surface area contributed by atoms with Crippen molar-refractivity contribution in [1.82, 2.24) is 9.88 Å². The van der Waals surface area contributed by atoms with Gasteiger partial charge in [-0.25, -0.2) is 4.98 Å². The van der Waals surface area contributed by atoms with E-state index < -0.39 is 6.10 Å². The number of aliphatic hydroxyl groups excluding tert-OH is 2. The number of piperazine rings is 1. The number of pyridine rings is 1. The first-order valence-corrected chi connectivity index (χ1v) is 9.96. The van der Waals surface area contributed by atoms with Crippen LogP contribution in [0.15, 0.2) is 54.6 Å². The van der Waals surface area contributed by atoms with E-state index in [0.717, 1.165) is 49.8 Å². The first-order valence-electron chi connectivity index (χ1n) is 9.96. The molecule has 5 nitrogen and oxygen atoms in total. The third kappa shape index (κ3) is 3.74. The lowest BCUT2D eigenvalue weighted by Gasteiger charge is -2.35. The van der Waals surface area contributed by atoms with Crippen molar-refractivity contribution in [3.8, 4) is 11.3 Å². The lowest BCUT2D eigenvalue weighted by atomic mass is 10.0. The van der Waals surface area contributed by atoms with Gasteiger partial charge in [-0.3, -0.25) is 0 Å². The largest absolute Gasteiger partial charge is 0.393 e. The summed E-state index contributed by atoms with van der Waals surface area (Å²) in [5.41, 5.74) is 2.65. The number of rotatable bonds is 5. The highest BCUT2D eigenvalue weighted by Crippen LogP contribution is 2.31. The van der Waals surface area contributed by atoms with Crippen LogP contribution in [0.3, 0.4) is 0 Å². The van der Waals surface area contributed by atoms with Gasteiger partial charge in [0.25, 0.3) is 0 Å². The fraction of sp³-hybridized carbons (Fsp3) is 0.348. The molecule has 1 fully saturated rings. The van der Waals surface area contributed by atoms with Gasteiger partial charge in [0.05, 0.1) is 12.3 Å². The summed E-state index contributed by atoms with van der Waals surface area (Å²) in [6, 6.07) is 18.2. The minimum Gasteiger partial charge on any atom is -0.393 e. The van der Waals surface area contributed by atoms with Crippen LogP contribution < -0.4 is 4.90 Å². The van der Waals surface area contributed by atoms with Crippen molar-refractivity contribution in [1.29, 1.82) is 0 Å². The quantitative estimate of drug-likeness (QED) is 0.716. The van der Waals surface area contributed by atoms with Crippen molar-refractivity contribution in [2.75, 3.05) is 44.2 Å². The van der Waals surface area contributed by atoms with Crippen molar-refractivity contribution in [2.45, 2.75) is 13.0 Å². The molecule has 28 heavy (non-hydrogen) atoms. The standard InChI is InChI=1S/C23H27N3O2/c1-2-25-11-13-26(14-12-25)23-20-6-4-3-5-19(20)15-21(24-23)17-7-9-18(10-8-17)22(28)16-27/h3-10,15,22,27-28H,2,11-14,16H2,1H3. The molecule has 1 aliphatic rings. The molecule has 5 heteroatoms. The highest BCUT2D eigenvalue weighted by Gasteiger charge is 2.19. The highest BCUT2D eigenvalue weighted by atomic mass is 16.3. The molecule has 1 aromatic heterocycles. The molecule has 2 aromatic carbocycles. The minimum absolute atomic E-state index is 0.276. The van der Waals surface area contributed by atoms with Gasteiger partial charge in [0.2, 0.25) is 0 Å². The molecule has 4 rings (SSSR count). The van der Waals surface area contributed by atoms with Gasteiger partial charge in [-0.05, 0) is 23.6 Å². The second-order valence-corrected chi connectivity index (χ2v) is 7.29. The fourth-order valence-corrected chi connectivity index (χ4v) is 3.83. The molecule has 146 valence electrons. The van der Waals surface area contributed by atoms with E-state index in [1.165, 1.54) is 10.8 Å². The number of aromatic nitrogens is 1. The van der Waals surface area contributed by atoms with Gasteiger partial charge in [0, 0.05) is 37.1 Å². The molecular formula is C23H27N3O2. The van der Waals surface area contributed by atoms with Gasteiger partial charge < -0.3 is 20.0 Å². The number of anilines is 1. The Morgan fingerprint density at radius 1 is 1.00 bits per heavy atom. The third-order valence-electron chi connectivity index (χ3n) is 5.60. The van der Waals surface area contributed by atoms with Crippen LogP contribution in [0, 0.1) is 0 Å². The lowest BCUT2D eigenvalue weighted by molar-refractivity contribution is 0.0956. The first kappa shape index (κ1) is 18.9. The van der Waals surface area contributed by atoms with Gasteiger partial charge in [-0.15, -0.1) is 0 Å². The predicted molar refractivity (Wildman–Crippen MR) is 114 cm³/mol. The molecule has 1 atom stereocenters. The Bertz CT molecular complexity index is 934. The average Bonchev–Trinajstić information content (AvgIpc) is 2.78. The van der Waals surface area contributed by atoms with Gasteiger partial charge in [-0.2, -0.15) is 0 Å². The average molecular weight is 377 g/mol. The Kier molecular flexibility index (Phi) is 5.57. The molecule has 0 radical (unpaired) electrons. The Hall–Kier alpha value is -2.47. The number of likely N-dealkylation sites (N-methyl/N-ethyl adjacent to an activating group) is 1. The van der Waals surface area contributed by atoms with E-state index in [-0.39, 0.29) is 6.61 Å². The maximum absolute atomic E-state index is 9.81. The summed E-state index contributed by atoms with van der Waals surface area (Å²) in [5.74, 6) is 1.04. The summed E-state index contributed by atoms with van der Waals surface area (Å²) >= 11 is 0. The Morgan fingerprint density at radius 3 is 2.39 bits per heavy atom. The summed E-state index contributed by atoms with van der Waals surface area (Å²) in [5, 5.41) is 21.3. The number of benzene rings is 2. The van der Waals surface area contributed by atoms with Crippen molar-refractivity contribution < 1.29 is 10.2 Å². The first-order chi connectivity index (χ1) is 13.7. The van der Waals surface area contributed by atoms with E-state index in [9.17, 15) is 5.11 Å². The molecule has 0 aliphatic carbocycles. The Morgan fingerprint density at radius 2 is 1.71 bits per heavy atom. The molecule has 1 aliphatic heterocycles. The summed E-state index contributed by atoms with van der Waals surface area (Å²) < 4.78 is 0. The zero-order valence-corrected chi connectivity index (χ0v) is 16.3. The molecular weight excluding hydrogens is 350 g/mol. The Balaban J connectivity index is 1.72. The van der Waals surface area contributed by atoms with Crippen LogP contribution in [0.5, 0.6) is 0 Å². The third-order valence-corrected chi connectivity index (χ3v) is 5.60. The zero-order valence-electron chi connectivity index (χ0n) is 16.3. The number of aliphatic hydroxyl groups is 2. The van der Waals surface area contributed by atoms with Crippen LogP contribution in [-0.2, 0) is 0 Å². The molecule has 0 bridgehead atoms. The summed E-state index contributed by atoms with van der Waals surface area (Å²) in [4.78, 5) is 9.89. The van der Waals surface area contributed by atoms with Crippen molar-refractivity contribution in [3.63, 3.8) is 0 Å². The van der Waals surface area contributed by atoms with Gasteiger partial charge in [0.1, 0.15) is 11.9 Å². The van der Waals surface area contributed by atoms with E-state index in [0.29, 0.717) is 5.56 Å². The maximum atomic E-state index is 9.81. The van der Waals surface area contributed by atoms with E-state index >= 15 is 0 Å². The monoisotopic (exact) mass is 377 g/mol. The summed E-state index contributed by atoms with van der Waals surface area (Å²) in [6.45, 7) is 7.11. The van der Waals surface area contributed by atoms with E-state index in [1.54, 1.807) is 0 Å². The summed E-state index contributed by atoms with van der Waals surface area (Å²) in [7, 11) is 0. The number of hydrogen-bond acceptors (Lipinski definition) is 5. The SMILES string of the molecule is CCN1CCN(c2nc(-c3ccc(C(O)CO)cc3)cc3ccccc23)CC1. The number of nitrogens with zero attached hydrogens (tertiary/aromatic N) is 3. The van der Waals surface area contributed by atoms with Crippen molar-refractivity contribution in [3.05, 3.63) is 60.2 Å². The Labute approximate surface area is 165 Å². The van der Waals surface area contributed by atoms with Crippen molar-refractivity contribution >= 4 is 16.6 Å². The second kappa shape index (κ2) is 8.27. The summed E-state index contributed by atoms with van der Waals surface area (Å²) in [6.07, 6.45) is -0.843. The van der Waals surface area contributed by atoms with Crippen LogP contribution in [0.1, 0.15) is 18.6 Å². The molecule has 0 saturated carbocycles. The zero-order chi connectivity index (χ0) is 19.5. The van der Waals surface area contributed by atoms with Crippen LogP contribution in [-0.4, -0.2) is 59.4 Å². The topological polar surface area (TPSA) is 59.8 Å². The smallest absolute Gasteiger partial charge is 0.137 e. The van der Waals surface area contributed by atoms with Crippen molar-refractivity contribution in [2.24, 2.45) is 0 Å². The normalized spacial score (nSPS) is 16.5. The molecule has 3 aromatic rings. The van der Waals surface area contributed by atoms with E-state index in [2.05, 4.69) is 47.1 Å².